The molecule has 33 heavy (non-hydrogen) atoms. The van der Waals surface area contributed by atoms with Crippen molar-refractivity contribution in [3.8, 4) is 11.5 Å². The van der Waals surface area contributed by atoms with E-state index in [2.05, 4.69) is 34.8 Å². The van der Waals surface area contributed by atoms with Gasteiger partial charge in [0.25, 0.3) is 0 Å². The minimum absolute atomic E-state index is 0.0691. The van der Waals surface area contributed by atoms with Crippen molar-refractivity contribution in [1.82, 2.24) is 0 Å². The zero-order chi connectivity index (χ0) is 23.4. The number of aliphatic hydroxyl groups is 1. The van der Waals surface area contributed by atoms with Crippen LogP contribution in [0.5, 0.6) is 11.5 Å². The average molecular weight is 519 g/mol. The van der Waals surface area contributed by atoms with E-state index in [0.29, 0.717) is 29.2 Å². The number of methoxy groups -OCH3 is 1. The van der Waals surface area contributed by atoms with Crippen molar-refractivity contribution in [1.29, 1.82) is 0 Å². The number of aromatic hydroxyl groups is 1. The lowest BCUT2D eigenvalue weighted by atomic mass is 9.44. The standard InChI is InChI=1S/C28H40BrNO3/c1-26-11-5-4-6-19(26)7-8-21-22(26)9-12-27(2)23(21)10-13-28(27,32)17-30-16-18-14-20(29)15-24(33-3)25(18)31/h14-16,19,21-23,31-32H,4-13,17H2,1-3H3/t19-,21+,22+,23+,26-,27-,28+/m0/s1. The number of nitrogens with zero attached hydrogens (tertiary/aromatic N) is 1. The Hall–Kier alpha value is -1.07. The third-order valence-corrected chi connectivity index (χ3v) is 11.2. The van der Waals surface area contributed by atoms with Crippen LogP contribution in [0.1, 0.15) is 83.6 Å². The minimum atomic E-state index is -0.769. The van der Waals surface area contributed by atoms with Crippen molar-refractivity contribution in [3.63, 3.8) is 0 Å². The van der Waals surface area contributed by atoms with Gasteiger partial charge in [-0.15, -0.1) is 0 Å². The highest BCUT2D eigenvalue weighted by Gasteiger charge is 2.64. The van der Waals surface area contributed by atoms with Crippen LogP contribution in [-0.2, 0) is 0 Å². The van der Waals surface area contributed by atoms with Crippen LogP contribution in [-0.4, -0.2) is 35.7 Å². The molecule has 182 valence electrons. The number of benzene rings is 1. The SMILES string of the molecule is COc1cc(Br)cc(C=NC[C@]2(O)CC[C@@H]3[C@@H]4CC[C@@H]5CCCC[C@]5(C)[C@@H]4CC[C@@]32C)c1O. The molecule has 4 saturated carbocycles. The van der Waals surface area contributed by atoms with Gasteiger partial charge >= 0.3 is 0 Å². The summed E-state index contributed by atoms with van der Waals surface area (Å²) in [6.07, 6.45) is 14.5. The lowest BCUT2D eigenvalue weighted by molar-refractivity contribution is -0.147. The van der Waals surface area contributed by atoms with Crippen LogP contribution in [0.15, 0.2) is 21.6 Å². The van der Waals surface area contributed by atoms with Gasteiger partial charge in [0.15, 0.2) is 11.5 Å². The summed E-state index contributed by atoms with van der Waals surface area (Å²) in [7, 11) is 1.54. The van der Waals surface area contributed by atoms with Crippen LogP contribution in [0.3, 0.4) is 0 Å². The van der Waals surface area contributed by atoms with E-state index < -0.39 is 5.60 Å². The molecule has 0 unspecified atom stereocenters. The third kappa shape index (κ3) is 3.67. The first-order valence-electron chi connectivity index (χ1n) is 13.0. The Morgan fingerprint density at radius 1 is 1.06 bits per heavy atom. The maximum Gasteiger partial charge on any atom is 0.166 e. The number of phenols is 1. The molecular weight excluding hydrogens is 478 g/mol. The molecule has 0 aromatic heterocycles. The molecule has 7 atom stereocenters. The van der Waals surface area contributed by atoms with E-state index in [-0.39, 0.29) is 11.2 Å². The predicted molar refractivity (Wildman–Crippen MR) is 136 cm³/mol. The second-order valence-electron chi connectivity index (χ2n) is 11.9. The average Bonchev–Trinajstić information content (AvgIpc) is 3.06. The van der Waals surface area contributed by atoms with Crippen molar-refractivity contribution in [3.05, 3.63) is 22.2 Å². The fourth-order valence-electron chi connectivity index (χ4n) is 8.81. The van der Waals surface area contributed by atoms with E-state index >= 15 is 0 Å². The molecule has 1 aromatic carbocycles. The molecule has 0 heterocycles. The maximum absolute atomic E-state index is 11.9. The predicted octanol–water partition coefficient (Wildman–Crippen LogP) is 6.75. The Kier molecular flexibility index (Phi) is 6.13. The molecule has 0 saturated heterocycles. The summed E-state index contributed by atoms with van der Waals surface area (Å²) in [4.78, 5) is 4.68. The number of fused-ring (bicyclic) bond motifs is 5. The lowest BCUT2D eigenvalue weighted by Gasteiger charge is -2.61. The molecule has 4 fully saturated rings. The van der Waals surface area contributed by atoms with E-state index in [0.717, 1.165) is 41.5 Å². The zero-order valence-corrected chi connectivity index (χ0v) is 22.0. The quantitative estimate of drug-likeness (QED) is 0.434. The van der Waals surface area contributed by atoms with Gasteiger partial charge in [-0.25, -0.2) is 0 Å². The molecule has 5 heteroatoms. The van der Waals surface area contributed by atoms with Crippen molar-refractivity contribution in [2.75, 3.05) is 13.7 Å². The Labute approximate surface area is 207 Å². The molecule has 0 bridgehead atoms. The van der Waals surface area contributed by atoms with Gasteiger partial charge in [0.2, 0.25) is 0 Å². The van der Waals surface area contributed by atoms with Crippen molar-refractivity contribution < 1.29 is 14.9 Å². The summed E-state index contributed by atoms with van der Waals surface area (Å²) in [6, 6.07) is 3.57. The summed E-state index contributed by atoms with van der Waals surface area (Å²) >= 11 is 3.47. The molecule has 0 spiro atoms. The fraction of sp³-hybridized carbons (Fsp3) is 0.750. The Balaban J connectivity index is 1.35. The molecule has 4 nitrogen and oxygen atoms in total. The highest BCUT2D eigenvalue weighted by molar-refractivity contribution is 9.10. The van der Waals surface area contributed by atoms with E-state index in [1.807, 2.05) is 6.07 Å². The number of rotatable bonds is 4. The van der Waals surface area contributed by atoms with E-state index in [1.54, 1.807) is 19.4 Å². The second-order valence-corrected chi connectivity index (χ2v) is 12.9. The lowest BCUT2D eigenvalue weighted by Crippen LogP contribution is -2.56. The van der Waals surface area contributed by atoms with Crippen LogP contribution in [0.4, 0.5) is 0 Å². The van der Waals surface area contributed by atoms with Crippen LogP contribution in [0.2, 0.25) is 0 Å². The Morgan fingerprint density at radius 3 is 2.64 bits per heavy atom. The minimum Gasteiger partial charge on any atom is -0.504 e. The fourth-order valence-corrected chi connectivity index (χ4v) is 9.26. The maximum atomic E-state index is 11.9. The smallest absolute Gasteiger partial charge is 0.166 e. The summed E-state index contributed by atoms with van der Waals surface area (Å²) in [5.74, 6) is 3.64. The Bertz CT molecular complexity index is 934. The van der Waals surface area contributed by atoms with Crippen LogP contribution >= 0.6 is 15.9 Å². The van der Waals surface area contributed by atoms with Gasteiger partial charge in [-0.2, -0.15) is 0 Å². The van der Waals surface area contributed by atoms with Gasteiger partial charge in [-0.3, -0.25) is 4.99 Å². The highest BCUT2D eigenvalue weighted by atomic mass is 79.9. The normalized spacial score (nSPS) is 42.6. The van der Waals surface area contributed by atoms with Crippen LogP contribution < -0.4 is 4.74 Å². The number of aliphatic imine (C=N–C) groups is 1. The van der Waals surface area contributed by atoms with E-state index in [4.69, 9.17) is 4.74 Å². The number of halogens is 1. The molecule has 0 aliphatic heterocycles. The van der Waals surface area contributed by atoms with Gasteiger partial charge in [-0.05, 0) is 92.6 Å². The first-order chi connectivity index (χ1) is 15.7. The Morgan fingerprint density at radius 2 is 1.85 bits per heavy atom. The summed E-state index contributed by atoms with van der Waals surface area (Å²) < 4.78 is 6.09. The number of ether oxygens (including phenoxy) is 1. The number of phenolic OH excluding ortho intramolecular Hbond substituents is 1. The van der Waals surface area contributed by atoms with E-state index in [9.17, 15) is 10.2 Å². The van der Waals surface area contributed by atoms with Gasteiger partial charge in [0.05, 0.1) is 19.3 Å². The molecule has 2 N–H and O–H groups in total. The van der Waals surface area contributed by atoms with Crippen molar-refractivity contribution in [2.24, 2.45) is 39.5 Å². The summed E-state index contributed by atoms with van der Waals surface area (Å²) in [6.45, 7) is 5.36. The molecule has 0 amide bonds. The van der Waals surface area contributed by atoms with Crippen LogP contribution in [0.25, 0.3) is 0 Å². The van der Waals surface area contributed by atoms with Gasteiger partial charge < -0.3 is 14.9 Å². The van der Waals surface area contributed by atoms with Gasteiger partial charge in [0.1, 0.15) is 0 Å². The zero-order valence-electron chi connectivity index (χ0n) is 20.4. The topological polar surface area (TPSA) is 62.0 Å². The monoisotopic (exact) mass is 517 g/mol. The van der Waals surface area contributed by atoms with Crippen molar-refractivity contribution in [2.45, 2.75) is 83.7 Å². The molecule has 4 aliphatic carbocycles. The van der Waals surface area contributed by atoms with E-state index in [1.165, 1.54) is 44.9 Å². The first-order valence-corrected chi connectivity index (χ1v) is 13.8. The van der Waals surface area contributed by atoms with Gasteiger partial charge in [-0.1, -0.05) is 42.6 Å². The van der Waals surface area contributed by atoms with Gasteiger partial charge in [0, 0.05) is 21.7 Å². The summed E-state index contributed by atoms with van der Waals surface area (Å²) in [5.41, 5.74) is 0.297. The third-order valence-electron chi connectivity index (χ3n) is 10.8. The molecular formula is C28H40BrNO3. The number of hydrogen-bond acceptors (Lipinski definition) is 4. The van der Waals surface area contributed by atoms with Crippen molar-refractivity contribution >= 4 is 22.1 Å². The number of hydrogen-bond donors (Lipinski definition) is 2. The molecule has 0 radical (unpaired) electrons. The molecule has 5 rings (SSSR count). The highest BCUT2D eigenvalue weighted by Crippen LogP contribution is 2.68. The summed E-state index contributed by atoms with van der Waals surface area (Å²) in [5, 5.41) is 22.4. The largest absolute Gasteiger partial charge is 0.504 e. The molecule has 1 aromatic rings. The first kappa shape index (κ1) is 23.7. The molecule has 4 aliphatic rings. The van der Waals surface area contributed by atoms with Crippen LogP contribution in [0, 0.1) is 34.5 Å². The second kappa shape index (κ2) is 8.55.